The molecule has 2 unspecified atom stereocenters. The van der Waals surface area contributed by atoms with Crippen LogP contribution in [0.1, 0.15) is 12.8 Å². The molecule has 0 spiro atoms. The first-order valence-corrected chi connectivity index (χ1v) is 12.6. The van der Waals surface area contributed by atoms with E-state index in [1.54, 1.807) is 12.1 Å². The molecule has 2 aromatic rings. The molecular weight excluding hydrogens is 483 g/mol. The molecule has 29 heavy (non-hydrogen) atoms. The minimum absolute atomic E-state index is 0.0451. The fourth-order valence-corrected chi connectivity index (χ4v) is 6.37. The Morgan fingerprint density at radius 1 is 1.21 bits per heavy atom. The van der Waals surface area contributed by atoms with E-state index in [4.69, 9.17) is 10.5 Å². The van der Waals surface area contributed by atoms with Crippen molar-refractivity contribution in [2.24, 2.45) is 0 Å². The zero-order valence-electron chi connectivity index (χ0n) is 16.2. The van der Waals surface area contributed by atoms with Crippen molar-refractivity contribution < 1.29 is 31.3 Å². The van der Waals surface area contributed by atoms with Gasteiger partial charge in [-0.05, 0) is 12.1 Å². The Labute approximate surface area is 181 Å². The molecule has 2 bridgehead atoms. The number of rotatable bonds is 4. The maximum atomic E-state index is 10.2. The summed E-state index contributed by atoms with van der Waals surface area (Å²) in [7, 11) is 0. The van der Waals surface area contributed by atoms with Crippen LogP contribution in [0.15, 0.2) is 30.3 Å². The van der Waals surface area contributed by atoms with Crippen LogP contribution in [-0.4, -0.2) is 69.2 Å². The predicted molar refractivity (Wildman–Crippen MR) is 107 cm³/mol. The molecule has 3 saturated heterocycles. The zero-order chi connectivity index (χ0) is 19.8. The fourth-order valence-electron chi connectivity index (χ4n) is 4.66. The molecule has 4 heterocycles. The molecule has 9 heteroatoms. The molecular formula is C20H26IN6O2-. The SMILES string of the molecule is Nc1nnc(-c2ccccc2O)cc1N1CC2CCC(C1)N2C[C@@H]1CN[I-]CO1. The average Bonchev–Trinajstić information content (AvgIpc) is 2.97. The number of phenols is 1. The first kappa shape index (κ1) is 19.3. The summed E-state index contributed by atoms with van der Waals surface area (Å²) in [6.45, 7) is 3.85. The van der Waals surface area contributed by atoms with E-state index < -0.39 is 0 Å². The number of benzene rings is 1. The summed E-state index contributed by atoms with van der Waals surface area (Å²) >= 11 is 0.0451. The Kier molecular flexibility index (Phi) is 5.46. The summed E-state index contributed by atoms with van der Waals surface area (Å²) in [5, 5.41) is 18.6. The van der Waals surface area contributed by atoms with E-state index in [0.717, 1.165) is 36.5 Å². The number of phenolic OH excluding ortho intramolecular Hbond substituents is 1. The molecule has 0 saturated carbocycles. The van der Waals surface area contributed by atoms with Gasteiger partial charge in [0.2, 0.25) is 0 Å². The second kappa shape index (κ2) is 8.21. The number of hydrogen-bond acceptors (Lipinski definition) is 8. The number of nitrogens with one attached hydrogen (secondary N) is 1. The molecule has 1 aromatic carbocycles. The number of nitrogens with zero attached hydrogens (tertiary/aromatic N) is 4. The monoisotopic (exact) mass is 509 g/mol. The summed E-state index contributed by atoms with van der Waals surface area (Å²) in [6, 6.07) is 10.2. The number of halogens is 1. The van der Waals surface area contributed by atoms with Gasteiger partial charge in [-0.2, -0.15) is 0 Å². The van der Waals surface area contributed by atoms with Crippen molar-refractivity contribution in [1.29, 1.82) is 0 Å². The molecule has 156 valence electrons. The number of nitrogen functional groups attached to an aromatic ring is 1. The van der Waals surface area contributed by atoms with Crippen LogP contribution in [0.5, 0.6) is 5.75 Å². The van der Waals surface area contributed by atoms with E-state index in [2.05, 4.69) is 23.5 Å². The van der Waals surface area contributed by atoms with E-state index in [9.17, 15) is 5.11 Å². The molecule has 3 fully saturated rings. The third-order valence-electron chi connectivity index (χ3n) is 6.12. The Bertz CT molecular complexity index is 864. The van der Waals surface area contributed by atoms with Gasteiger partial charge in [-0.3, -0.25) is 0 Å². The second-order valence-electron chi connectivity index (χ2n) is 7.87. The van der Waals surface area contributed by atoms with E-state index in [-0.39, 0.29) is 27.2 Å². The van der Waals surface area contributed by atoms with Gasteiger partial charge in [0.15, 0.2) is 0 Å². The molecule has 3 atom stereocenters. The van der Waals surface area contributed by atoms with Gasteiger partial charge >= 0.3 is 146 Å². The number of nitrogens with two attached hydrogens (primary N) is 1. The Hall–Kier alpha value is -1.69. The molecule has 3 aliphatic rings. The van der Waals surface area contributed by atoms with Gasteiger partial charge in [0.25, 0.3) is 0 Å². The molecule has 0 aliphatic carbocycles. The summed E-state index contributed by atoms with van der Waals surface area (Å²) in [6.07, 6.45) is 2.72. The molecule has 0 radical (unpaired) electrons. The van der Waals surface area contributed by atoms with Crippen LogP contribution in [-0.2, 0) is 4.74 Å². The number of alkyl halides is 1. The van der Waals surface area contributed by atoms with Gasteiger partial charge < -0.3 is 5.11 Å². The number of aromatic hydroxyl groups is 1. The number of hydrogen-bond donors (Lipinski definition) is 3. The second-order valence-corrected chi connectivity index (χ2v) is 10.0. The Balaban J connectivity index is 1.35. The van der Waals surface area contributed by atoms with Crippen LogP contribution in [0.3, 0.4) is 0 Å². The molecule has 5 rings (SSSR count). The van der Waals surface area contributed by atoms with E-state index >= 15 is 0 Å². The van der Waals surface area contributed by atoms with Crippen molar-refractivity contribution in [1.82, 2.24) is 18.6 Å². The van der Waals surface area contributed by atoms with Crippen molar-refractivity contribution in [3.63, 3.8) is 0 Å². The summed E-state index contributed by atoms with van der Waals surface area (Å²) in [5.74, 6) is 0.645. The Morgan fingerprint density at radius 2 is 2.00 bits per heavy atom. The molecule has 1 aromatic heterocycles. The van der Waals surface area contributed by atoms with Crippen LogP contribution < -0.4 is 35.6 Å². The first-order chi connectivity index (χ1) is 14.2. The van der Waals surface area contributed by atoms with Crippen molar-refractivity contribution in [3.8, 4) is 17.0 Å². The first-order valence-electron chi connectivity index (χ1n) is 10.0. The molecule has 8 nitrogen and oxygen atoms in total. The number of aromatic nitrogens is 2. The van der Waals surface area contributed by atoms with E-state index in [1.165, 1.54) is 12.8 Å². The standard InChI is InChI=1S/C20H26IN6O2/c22-20-18(7-17(24-25-20)16-3-1-2-4-19(16)28)26-9-13-5-6-14(10-26)27(13)11-15-8-23-21-12-29-15/h1-4,7,13-15,23,28H,5-6,8-12H2,(H2,22,25)/q-1/t13?,14?,15-/m0/s1. The van der Waals surface area contributed by atoms with E-state index in [1.807, 2.05) is 18.2 Å². The summed E-state index contributed by atoms with van der Waals surface area (Å²) in [4.78, 5) is 4.99. The number of para-hydroxylation sites is 1. The van der Waals surface area contributed by atoms with Gasteiger partial charge in [0.1, 0.15) is 5.75 Å². The van der Waals surface area contributed by atoms with Crippen LogP contribution in [0.2, 0.25) is 0 Å². The van der Waals surface area contributed by atoms with Crippen molar-refractivity contribution >= 4 is 11.5 Å². The van der Waals surface area contributed by atoms with Crippen LogP contribution >= 0.6 is 0 Å². The number of ether oxygens (including phenoxy) is 1. The predicted octanol–water partition coefficient (Wildman–Crippen LogP) is -1.97. The normalized spacial score (nSPS) is 27.6. The van der Waals surface area contributed by atoms with Crippen molar-refractivity contribution in [3.05, 3.63) is 30.3 Å². The maximum absolute atomic E-state index is 10.2. The van der Waals surface area contributed by atoms with Gasteiger partial charge in [0.05, 0.1) is 0 Å². The van der Waals surface area contributed by atoms with Crippen LogP contribution in [0.4, 0.5) is 11.5 Å². The quantitative estimate of drug-likeness (QED) is 0.248. The summed E-state index contributed by atoms with van der Waals surface area (Å²) < 4.78 is 10.4. The van der Waals surface area contributed by atoms with Crippen molar-refractivity contribution in [2.45, 2.75) is 31.0 Å². The third-order valence-corrected chi connectivity index (χ3v) is 7.77. The van der Waals surface area contributed by atoms with Crippen molar-refractivity contribution in [2.75, 3.05) is 41.4 Å². The fraction of sp³-hybridized carbons (Fsp3) is 0.500. The van der Waals surface area contributed by atoms with Crippen LogP contribution in [0, 0.1) is 0 Å². The number of piperazine rings is 1. The molecule has 0 amide bonds. The minimum atomic E-state index is 0.0451. The van der Waals surface area contributed by atoms with Crippen LogP contribution in [0.25, 0.3) is 11.3 Å². The molecule has 4 N–H and O–H groups in total. The van der Waals surface area contributed by atoms with E-state index in [0.29, 0.717) is 35.3 Å². The zero-order valence-corrected chi connectivity index (χ0v) is 18.3. The van der Waals surface area contributed by atoms with Gasteiger partial charge in [-0.15, -0.1) is 0 Å². The molecule has 3 aliphatic heterocycles. The Morgan fingerprint density at radius 3 is 2.72 bits per heavy atom. The number of fused-ring (bicyclic) bond motifs is 2. The van der Waals surface area contributed by atoms with Gasteiger partial charge in [-0.25, -0.2) is 0 Å². The van der Waals surface area contributed by atoms with Gasteiger partial charge in [0, 0.05) is 0 Å². The average molecular weight is 509 g/mol. The topological polar surface area (TPSA) is 99.8 Å². The third kappa shape index (κ3) is 3.88. The summed E-state index contributed by atoms with van der Waals surface area (Å²) in [5.41, 5.74) is 8.45. The number of anilines is 2. The van der Waals surface area contributed by atoms with Gasteiger partial charge in [-0.1, -0.05) is 12.1 Å².